The summed E-state index contributed by atoms with van der Waals surface area (Å²) in [4.78, 5) is 39.0. The number of ether oxygens (including phenoxy) is 3. The molecule has 0 bridgehead atoms. The highest BCUT2D eigenvalue weighted by Crippen LogP contribution is 2.53. The van der Waals surface area contributed by atoms with Gasteiger partial charge in [-0.05, 0) is 24.1 Å². The van der Waals surface area contributed by atoms with Crippen LogP contribution in [0.2, 0.25) is 5.02 Å². The maximum Gasteiger partial charge on any atom is 0.244 e. The number of phenolic OH excluding ortho intramolecular Hbond substituents is 1. The Morgan fingerprint density at radius 3 is 2.44 bits per heavy atom. The van der Waals surface area contributed by atoms with Crippen molar-refractivity contribution in [3.05, 3.63) is 58.3 Å². The number of nitrogens with two attached hydrogens (primary N) is 1. The number of phenols is 1. The fourth-order valence-electron chi connectivity index (χ4n) is 4.40. The van der Waals surface area contributed by atoms with Crippen molar-refractivity contribution >= 4 is 29.1 Å². The summed E-state index contributed by atoms with van der Waals surface area (Å²) in [5.74, 6) is -1.93. The van der Waals surface area contributed by atoms with Crippen LogP contribution in [0.5, 0.6) is 23.0 Å². The topological polar surface area (TPSA) is 137 Å². The summed E-state index contributed by atoms with van der Waals surface area (Å²) in [6.45, 7) is 1.70. The maximum atomic E-state index is 13.5. The van der Waals surface area contributed by atoms with E-state index in [0.29, 0.717) is 11.3 Å². The van der Waals surface area contributed by atoms with E-state index in [1.54, 1.807) is 19.1 Å². The predicted molar refractivity (Wildman–Crippen MR) is 122 cm³/mol. The van der Waals surface area contributed by atoms with E-state index in [9.17, 15) is 19.5 Å². The van der Waals surface area contributed by atoms with E-state index in [0.717, 1.165) is 0 Å². The summed E-state index contributed by atoms with van der Waals surface area (Å²) in [6.07, 6.45) is 1.46. The molecule has 2 aromatic carbocycles. The van der Waals surface area contributed by atoms with Crippen LogP contribution in [-0.4, -0.2) is 42.4 Å². The average molecular weight is 487 g/mol. The van der Waals surface area contributed by atoms with Gasteiger partial charge in [-0.2, -0.15) is 0 Å². The Morgan fingerprint density at radius 1 is 1.24 bits per heavy atom. The Labute approximate surface area is 200 Å². The Balaban J connectivity index is 1.69. The minimum atomic E-state index is -1.82. The molecule has 0 fully saturated rings. The molecule has 2 aliphatic rings. The molecule has 1 aliphatic heterocycles. The van der Waals surface area contributed by atoms with Gasteiger partial charge < -0.3 is 30.4 Å². The Hall–Kier alpha value is -3.72. The van der Waals surface area contributed by atoms with Crippen molar-refractivity contribution in [3.8, 4) is 23.0 Å². The van der Waals surface area contributed by atoms with E-state index in [2.05, 4.69) is 5.32 Å². The normalized spacial score (nSPS) is 22.0. The average Bonchev–Trinajstić information content (AvgIpc) is 3.12. The summed E-state index contributed by atoms with van der Waals surface area (Å²) in [6, 6.07) is 6.48. The van der Waals surface area contributed by atoms with Gasteiger partial charge in [0.05, 0.1) is 14.2 Å². The van der Waals surface area contributed by atoms with Crippen LogP contribution in [-0.2, 0) is 9.59 Å². The Bertz CT molecular complexity index is 1220. The Morgan fingerprint density at radius 2 is 1.88 bits per heavy atom. The zero-order valence-electron chi connectivity index (χ0n) is 18.7. The van der Waals surface area contributed by atoms with Crippen LogP contribution in [0.4, 0.5) is 0 Å². The number of halogens is 1. The van der Waals surface area contributed by atoms with Crippen LogP contribution in [0.3, 0.4) is 0 Å². The van der Waals surface area contributed by atoms with Crippen molar-refractivity contribution in [2.45, 2.75) is 25.0 Å². The number of benzene rings is 2. The number of amides is 1. The zero-order chi connectivity index (χ0) is 24.8. The van der Waals surface area contributed by atoms with E-state index in [1.165, 1.54) is 38.5 Å². The molecule has 3 unspecified atom stereocenters. The number of carbonyl (C=O) groups excluding carboxylic acids is 3. The van der Waals surface area contributed by atoms with E-state index in [1.807, 2.05) is 0 Å². The smallest absolute Gasteiger partial charge is 0.244 e. The number of nitrogens with one attached hydrogen (secondary N) is 1. The molecule has 1 aliphatic carbocycles. The molecule has 10 heteroatoms. The number of allylic oxidation sites excluding steroid dienone is 1. The third-order valence-corrected chi connectivity index (χ3v) is 6.51. The van der Waals surface area contributed by atoms with Crippen molar-refractivity contribution in [2.75, 3.05) is 14.2 Å². The van der Waals surface area contributed by atoms with E-state index in [4.69, 9.17) is 31.5 Å². The number of hydrogen-bond acceptors (Lipinski definition) is 8. The highest BCUT2D eigenvalue weighted by molar-refractivity contribution is 6.36. The molecular formula is C24H23ClN2O7. The van der Waals surface area contributed by atoms with Gasteiger partial charge in [-0.25, -0.2) is 0 Å². The number of methoxy groups -OCH3 is 2. The standard InChI is InChI=1S/C24H23ClN2O7/c1-11-8-13(27-20(23(26)31)12-4-6-14(28)7-5-12)9-17(29)24(11)22(30)18-15(32-2)10-16(33-3)19(25)21(18)34-24/h4-7,9-11,20,27-28H,8H2,1-3H3,(H2,26,31). The van der Waals surface area contributed by atoms with Crippen LogP contribution in [0.25, 0.3) is 0 Å². The van der Waals surface area contributed by atoms with Crippen LogP contribution in [0.1, 0.15) is 35.3 Å². The number of ketones is 2. The van der Waals surface area contributed by atoms with E-state index in [-0.39, 0.29) is 40.0 Å². The van der Waals surface area contributed by atoms with Crippen LogP contribution < -0.4 is 25.3 Å². The van der Waals surface area contributed by atoms with Crippen molar-refractivity contribution in [2.24, 2.45) is 11.7 Å². The summed E-state index contributed by atoms with van der Waals surface area (Å²) in [5, 5.41) is 12.6. The Kier molecular flexibility index (Phi) is 5.91. The second kappa shape index (κ2) is 8.57. The fraction of sp³-hybridized carbons (Fsp3) is 0.292. The molecule has 0 aromatic heterocycles. The lowest BCUT2D eigenvalue weighted by Crippen LogP contribution is -2.55. The molecule has 0 saturated carbocycles. The van der Waals surface area contributed by atoms with Crippen molar-refractivity contribution in [3.63, 3.8) is 0 Å². The van der Waals surface area contributed by atoms with Gasteiger partial charge in [0.2, 0.25) is 23.1 Å². The quantitative estimate of drug-likeness (QED) is 0.530. The maximum absolute atomic E-state index is 13.5. The number of carbonyl (C=O) groups is 3. The molecule has 178 valence electrons. The summed E-state index contributed by atoms with van der Waals surface area (Å²) in [7, 11) is 2.81. The number of hydrogen-bond donors (Lipinski definition) is 3. The zero-order valence-corrected chi connectivity index (χ0v) is 19.4. The lowest BCUT2D eigenvalue weighted by atomic mass is 9.74. The van der Waals surface area contributed by atoms with Crippen molar-refractivity contribution in [1.82, 2.24) is 5.32 Å². The summed E-state index contributed by atoms with van der Waals surface area (Å²) in [5.41, 5.74) is 4.76. The number of aromatic hydroxyl groups is 1. The molecule has 9 nitrogen and oxygen atoms in total. The SMILES string of the molecule is COc1cc(OC)c2c(c1Cl)OC1(C(=O)C=C(NC(C(N)=O)c3ccc(O)cc3)CC1C)C2=O. The summed E-state index contributed by atoms with van der Waals surface area (Å²) < 4.78 is 16.6. The summed E-state index contributed by atoms with van der Waals surface area (Å²) >= 11 is 6.39. The minimum absolute atomic E-state index is 0.0342. The predicted octanol–water partition coefficient (Wildman–Crippen LogP) is 2.69. The molecule has 0 radical (unpaired) electrons. The molecule has 34 heavy (non-hydrogen) atoms. The van der Waals surface area contributed by atoms with Crippen LogP contribution in [0, 0.1) is 5.92 Å². The molecule has 0 saturated heterocycles. The van der Waals surface area contributed by atoms with Gasteiger partial charge in [0.15, 0.2) is 5.75 Å². The van der Waals surface area contributed by atoms with Gasteiger partial charge in [0, 0.05) is 23.8 Å². The lowest BCUT2D eigenvalue weighted by Gasteiger charge is -2.36. The van der Waals surface area contributed by atoms with Gasteiger partial charge in [0.1, 0.15) is 33.9 Å². The van der Waals surface area contributed by atoms with Crippen LogP contribution >= 0.6 is 11.6 Å². The van der Waals surface area contributed by atoms with Gasteiger partial charge in [-0.3, -0.25) is 14.4 Å². The largest absolute Gasteiger partial charge is 0.508 e. The first-order valence-electron chi connectivity index (χ1n) is 10.4. The molecule has 4 rings (SSSR count). The molecule has 1 heterocycles. The first-order valence-corrected chi connectivity index (χ1v) is 10.8. The number of Topliss-reactive ketones (excluding diaryl/α,β-unsaturated/α-hetero) is 1. The molecule has 2 aromatic rings. The number of rotatable bonds is 6. The second-order valence-corrected chi connectivity index (χ2v) is 8.55. The third-order valence-electron chi connectivity index (χ3n) is 6.15. The second-order valence-electron chi connectivity index (χ2n) is 8.18. The van der Waals surface area contributed by atoms with Gasteiger partial charge in [-0.1, -0.05) is 30.7 Å². The molecule has 4 N–H and O–H groups in total. The minimum Gasteiger partial charge on any atom is -0.508 e. The highest BCUT2D eigenvalue weighted by atomic mass is 35.5. The van der Waals surface area contributed by atoms with Crippen LogP contribution in [0.15, 0.2) is 42.1 Å². The van der Waals surface area contributed by atoms with E-state index < -0.39 is 35.0 Å². The van der Waals surface area contributed by atoms with E-state index >= 15 is 0 Å². The molecule has 3 atom stereocenters. The van der Waals surface area contributed by atoms with Gasteiger partial charge in [0.25, 0.3) is 0 Å². The molecule has 1 amide bonds. The fourth-order valence-corrected chi connectivity index (χ4v) is 4.67. The van der Waals surface area contributed by atoms with Gasteiger partial charge in [-0.15, -0.1) is 0 Å². The lowest BCUT2D eigenvalue weighted by molar-refractivity contribution is -0.129. The number of fused-ring (bicyclic) bond motifs is 1. The number of primary amides is 1. The molecule has 1 spiro atoms. The highest BCUT2D eigenvalue weighted by Gasteiger charge is 2.60. The first kappa shape index (κ1) is 23.4. The van der Waals surface area contributed by atoms with Crippen molar-refractivity contribution in [1.29, 1.82) is 0 Å². The molecular weight excluding hydrogens is 464 g/mol. The van der Waals surface area contributed by atoms with Gasteiger partial charge >= 0.3 is 0 Å². The third kappa shape index (κ3) is 3.52. The monoisotopic (exact) mass is 486 g/mol. The first-order chi connectivity index (χ1) is 16.1. The van der Waals surface area contributed by atoms with Crippen molar-refractivity contribution < 1.29 is 33.7 Å².